The van der Waals surface area contributed by atoms with Crippen molar-refractivity contribution in [1.29, 1.82) is 0 Å². The van der Waals surface area contributed by atoms with Gasteiger partial charge in [0.25, 0.3) is 5.91 Å². The van der Waals surface area contributed by atoms with Crippen LogP contribution in [-0.2, 0) is 16.1 Å². The van der Waals surface area contributed by atoms with E-state index in [4.69, 9.17) is 31.2 Å². The Kier molecular flexibility index (Phi) is 9.03. The highest BCUT2D eigenvalue weighted by atomic mass is 79.9. The van der Waals surface area contributed by atoms with E-state index in [0.717, 1.165) is 21.2 Å². The van der Waals surface area contributed by atoms with Crippen LogP contribution in [0.25, 0.3) is 0 Å². The minimum absolute atomic E-state index is 0.0743. The number of hydrogen-bond acceptors (Lipinski definition) is 5. The van der Waals surface area contributed by atoms with Gasteiger partial charge in [-0.15, -0.1) is 6.58 Å². The molecule has 192 valence electrons. The summed E-state index contributed by atoms with van der Waals surface area (Å²) in [5.74, 6) is 0.783. The van der Waals surface area contributed by atoms with Crippen molar-refractivity contribution in [2.24, 2.45) is 4.99 Å². The zero-order valence-corrected chi connectivity index (χ0v) is 22.5. The van der Waals surface area contributed by atoms with Crippen molar-refractivity contribution < 1.29 is 19.4 Å². The van der Waals surface area contributed by atoms with Gasteiger partial charge >= 0.3 is 0 Å². The summed E-state index contributed by atoms with van der Waals surface area (Å²) in [6, 6.07) is 22.4. The van der Waals surface area contributed by atoms with E-state index in [9.17, 15) is 4.79 Å². The van der Waals surface area contributed by atoms with Crippen LogP contribution in [0.1, 0.15) is 35.6 Å². The van der Waals surface area contributed by atoms with Crippen LogP contribution >= 0.6 is 27.5 Å². The van der Waals surface area contributed by atoms with Crippen LogP contribution in [0.2, 0.25) is 5.02 Å². The monoisotopic (exact) mass is 582 g/mol. The van der Waals surface area contributed by atoms with Gasteiger partial charge in [0.2, 0.25) is 5.90 Å². The normalized spacial score (nSPS) is 18.6. The molecule has 0 saturated heterocycles. The van der Waals surface area contributed by atoms with E-state index in [2.05, 4.69) is 27.8 Å². The summed E-state index contributed by atoms with van der Waals surface area (Å²) in [7, 11) is 0. The Bertz CT molecular complexity index is 1260. The molecule has 1 aliphatic heterocycles. The number of nitrogens with zero attached hydrogens (tertiary/aromatic N) is 1. The van der Waals surface area contributed by atoms with Gasteiger partial charge in [-0.3, -0.25) is 4.79 Å². The van der Waals surface area contributed by atoms with Crippen LogP contribution in [0.5, 0.6) is 5.75 Å². The molecule has 3 aromatic carbocycles. The van der Waals surface area contributed by atoms with Crippen LogP contribution < -0.4 is 10.1 Å². The third-order valence-corrected chi connectivity index (χ3v) is 6.76. The molecule has 0 fully saturated rings. The van der Waals surface area contributed by atoms with E-state index >= 15 is 0 Å². The number of rotatable bonds is 11. The van der Waals surface area contributed by atoms with Crippen LogP contribution in [0, 0.1) is 0 Å². The van der Waals surface area contributed by atoms with Gasteiger partial charge in [-0.1, -0.05) is 57.9 Å². The number of benzene rings is 3. The van der Waals surface area contributed by atoms with Crippen molar-refractivity contribution in [2.75, 3.05) is 13.2 Å². The smallest absolute Gasteiger partial charge is 0.252 e. The second kappa shape index (κ2) is 12.4. The van der Waals surface area contributed by atoms with Crippen molar-refractivity contribution in [3.63, 3.8) is 0 Å². The maximum Gasteiger partial charge on any atom is 0.252 e. The van der Waals surface area contributed by atoms with Crippen molar-refractivity contribution in [3.05, 3.63) is 112 Å². The average molecular weight is 584 g/mol. The van der Waals surface area contributed by atoms with Gasteiger partial charge in [0.15, 0.2) is 11.6 Å². The Morgan fingerprint density at radius 2 is 1.95 bits per heavy atom. The number of aliphatic hydroxyl groups excluding tert-OH is 1. The zero-order valence-electron chi connectivity index (χ0n) is 20.2. The maximum atomic E-state index is 13.8. The Morgan fingerprint density at radius 1 is 1.19 bits per heavy atom. The van der Waals surface area contributed by atoms with E-state index in [1.54, 1.807) is 12.1 Å². The molecule has 0 aromatic heterocycles. The van der Waals surface area contributed by atoms with Crippen LogP contribution in [-0.4, -0.2) is 35.7 Å². The van der Waals surface area contributed by atoms with Crippen molar-refractivity contribution >= 4 is 39.3 Å². The minimum Gasteiger partial charge on any atom is -0.494 e. The lowest BCUT2D eigenvalue weighted by atomic mass is 9.84. The number of ether oxygens (including phenoxy) is 2. The first-order valence-electron chi connectivity index (χ1n) is 11.9. The summed E-state index contributed by atoms with van der Waals surface area (Å²) in [6.07, 6.45) is 1.87. The molecule has 6 nitrogen and oxygen atoms in total. The summed E-state index contributed by atoms with van der Waals surface area (Å²) >= 11 is 9.60. The molecule has 2 N–H and O–H groups in total. The number of aliphatic imine (C=N–C) groups is 1. The zero-order chi connectivity index (χ0) is 26.3. The van der Waals surface area contributed by atoms with Gasteiger partial charge in [0.1, 0.15) is 5.75 Å². The number of carbonyl (C=O) groups is 1. The number of amides is 1. The summed E-state index contributed by atoms with van der Waals surface area (Å²) in [4.78, 5) is 18.7. The van der Waals surface area contributed by atoms with Crippen LogP contribution in [0.15, 0.2) is 94.9 Å². The predicted octanol–water partition coefficient (Wildman–Crippen LogP) is 6.01. The highest BCUT2D eigenvalue weighted by Gasteiger charge is 2.52. The topological polar surface area (TPSA) is 80.2 Å². The molecule has 0 aliphatic carbocycles. The van der Waals surface area contributed by atoms with Crippen molar-refractivity contribution in [2.45, 2.75) is 31.0 Å². The number of halogens is 2. The Morgan fingerprint density at radius 3 is 2.62 bits per heavy atom. The lowest BCUT2D eigenvalue weighted by Gasteiger charge is -2.29. The molecular weight excluding hydrogens is 556 g/mol. The van der Waals surface area contributed by atoms with E-state index < -0.39 is 11.6 Å². The number of aliphatic hydroxyl groups is 1. The average Bonchev–Trinajstić information content (AvgIpc) is 3.29. The molecule has 1 amide bonds. The first-order chi connectivity index (χ1) is 17.9. The lowest BCUT2D eigenvalue weighted by molar-refractivity contribution is -0.129. The summed E-state index contributed by atoms with van der Waals surface area (Å²) in [5, 5.41) is 12.6. The summed E-state index contributed by atoms with van der Waals surface area (Å²) in [6.45, 7) is 4.71. The third-order valence-electron chi connectivity index (χ3n) is 6.00. The highest BCUT2D eigenvalue weighted by Crippen LogP contribution is 2.43. The fraction of sp³-hybridized carbons (Fsp3) is 0.241. The molecule has 0 unspecified atom stereocenters. The second-order valence-electron chi connectivity index (χ2n) is 8.65. The molecule has 0 radical (unpaired) electrons. The second-order valence-corrected chi connectivity index (χ2v) is 10.00. The first kappa shape index (κ1) is 26.9. The van der Waals surface area contributed by atoms with Crippen molar-refractivity contribution in [3.8, 4) is 5.75 Å². The largest absolute Gasteiger partial charge is 0.494 e. The molecule has 4 rings (SSSR count). The molecule has 8 heteroatoms. The van der Waals surface area contributed by atoms with Gasteiger partial charge in [-0.2, -0.15) is 0 Å². The molecule has 2 atom stereocenters. The minimum atomic E-state index is -1.25. The van der Waals surface area contributed by atoms with Crippen LogP contribution in [0.3, 0.4) is 0 Å². The van der Waals surface area contributed by atoms with E-state index in [-0.39, 0.29) is 18.9 Å². The van der Waals surface area contributed by atoms with Gasteiger partial charge in [0, 0.05) is 41.1 Å². The molecule has 0 bridgehead atoms. The molecule has 1 aliphatic rings. The molecule has 0 saturated carbocycles. The molecular formula is C29H28BrClN2O4. The fourth-order valence-electron chi connectivity index (χ4n) is 4.16. The Labute approximate surface area is 230 Å². The quantitative estimate of drug-likeness (QED) is 0.214. The van der Waals surface area contributed by atoms with Gasteiger partial charge in [-0.25, -0.2) is 4.99 Å². The standard InChI is InChI=1S/C29H28BrClN2O4/c1-2-15-29(28(35)32-19-20-5-3-6-24(31)18-20)26(21-7-11-23(30)12-8-21)37-27(33-29)22-9-13-25(14-10-22)36-17-4-16-34/h2-3,5-14,18,26,34H,1,4,15-17,19H2,(H,32,35)/t26-,29-/m1/s1. The maximum absolute atomic E-state index is 13.8. The summed E-state index contributed by atoms with van der Waals surface area (Å²) in [5.41, 5.74) is 1.19. The lowest BCUT2D eigenvalue weighted by Crippen LogP contribution is -2.47. The first-order valence-corrected chi connectivity index (χ1v) is 13.1. The SMILES string of the molecule is C=CC[C@@]1(C(=O)NCc2cccc(Cl)c2)N=C(c2ccc(OCCCO)cc2)O[C@@H]1c1ccc(Br)cc1. The highest BCUT2D eigenvalue weighted by molar-refractivity contribution is 9.10. The van der Waals surface area contributed by atoms with Gasteiger partial charge in [0.05, 0.1) is 6.61 Å². The van der Waals surface area contributed by atoms with Crippen LogP contribution in [0.4, 0.5) is 0 Å². The fourth-order valence-corrected chi connectivity index (χ4v) is 4.63. The van der Waals surface area contributed by atoms with Crippen molar-refractivity contribution in [1.82, 2.24) is 5.32 Å². The number of hydrogen-bond donors (Lipinski definition) is 2. The summed E-state index contributed by atoms with van der Waals surface area (Å²) < 4.78 is 13.0. The predicted molar refractivity (Wildman–Crippen MR) is 149 cm³/mol. The molecule has 3 aromatic rings. The van der Waals surface area contributed by atoms with E-state index in [0.29, 0.717) is 36.2 Å². The van der Waals surface area contributed by atoms with Gasteiger partial charge < -0.3 is 19.9 Å². The molecule has 37 heavy (non-hydrogen) atoms. The number of nitrogens with one attached hydrogen (secondary N) is 1. The molecule has 0 spiro atoms. The van der Waals surface area contributed by atoms with E-state index in [1.807, 2.05) is 66.7 Å². The molecule has 1 heterocycles. The third kappa shape index (κ3) is 6.42. The van der Waals surface area contributed by atoms with Gasteiger partial charge in [-0.05, 0) is 59.7 Å². The Balaban J connectivity index is 1.66. The van der Waals surface area contributed by atoms with E-state index in [1.165, 1.54) is 0 Å². The number of carbonyl (C=O) groups excluding carboxylic acids is 1. The Hall–Kier alpha value is -3.13.